The summed E-state index contributed by atoms with van der Waals surface area (Å²) in [6, 6.07) is 0. The van der Waals surface area contributed by atoms with E-state index in [1.165, 1.54) is 18.4 Å². The van der Waals surface area contributed by atoms with Crippen LogP contribution in [0.2, 0.25) is 0 Å². The maximum absolute atomic E-state index is 11.8. The van der Waals surface area contributed by atoms with Crippen molar-refractivity contribution in [3.63, 3.8) is 0 Å². The second-order valence-corrected chi connectivity index (χ2v) is 9.14. The lowest BCUT2D eigenvalue weighted by Crippen LogP contribution is -2.53. The van der Waals surface area contributed by atoms with Crippen LogP contribution in [-0.2, 0) is 9.59 Å². The Morgan fingerprint density at radius 2 is 1.89 bits per heavy atom. The summed E-state index contributed by atoms with van der Waals surface area (Å²) >= 11 is 0. The quantitative estimate of drug-likeness (QED) is 0.691. The molecule has 4 nitrogen and oxygen atoms in total. The summed E-state index contributed by atoms with van der Waals surface area (Å²) in [6.45, 7) is 3.82. The first-order chi connectivity index (χ1) is 13.3. The third-order valence-corrected chi connectivity index (χ3v) is 8.32. The van der Waals surface area contributed by atoms with E-state index in [0.29, 0.717) is 29.5 Å². The Bertz CT molecular complexity index is 702. The number of aliphatic carboxylic acids is 1. The van der Waals surface area contributed by atoms with Crippen molar-refractivity contribution in [2.45, 2.75) is 83.7 Å². The average Bonchev–Trinajstić information content (AvgIpc) is 3.01. The Morgan fingerprint density at radius 1 is 1.18 bits per heavy atom. The topological polar surface area (TPSA) is 74.6 Å². The highest BCUT2D eigenvalue weighted by molar-refractivity contribution is 5.91. The van der Waals surface area contributed by atoms with Crippen molar-refractivity contribution in [2.75, 3.05) is 0 Å². The van der Waals surface area contributed by atoms with Gasteiger partial charge in [-0.3, -0.25) is 9.59 Å². The van der Waals surface area contributed by atoms with E-state index in [-0.39, 0.29) is 11.8 Å². The molecule has 3 saturated carbocycles. The molecule has 0 aromatic carbocycles. The van der Waals surface area contributed by atoms with Crippen molar-refractivity contribution < 1.29 is 19.8 Å². The monoisotopic (exact) mass is 386 g/mol. The molecule has 0 unspecified atom stereocenters. The summed E-state index contributed by atoms with van der Waals surface area (Å²) in [4.78, 5) is 21.1. The second kappa shape index (κ2) is 8.03. The first-order valence-corrected chi connectivity index (χ1v) is 11.0. The average molecular weight is 387 g/mol. The number of hydrogen-bond acceptors (Lipinski definition) is 3. The number of terminal acetylenes is 1. The zero-order valence-corrected chi connectivity index (χ0v) is 17.2. The molecule has 0 saturated heterocycles. The summed E-state index contributed by atoms with van der Waals surface area (Å²) in [5, 5.41) is 18.8. The Kier molecular flexibility index (Phi) is 6.05. The lowest BCUT2D eigenvalue weighted by atomic mass is 9.49. The van der Waals surface area contributed by atoms with Crippen LogP contribution in [0, 0.1) is 41.4 Å². The van der Waals surface area contributed by atoms with Gasteiger partial charge in [0.05, 0.1) is 0 Å². The van der Waals surface area contributed by atoms with Crippen LogP contribution < -0.4 is 0 Å². The predicted octanol–water partition coefficient (Wildman–Crippen LogP) is 4.36. The molecule has 2 N–H and O–H groups in total. The molecule has 0 radical (unpaired) electrons. The van der Waals surface area contributed by atoms with E-state index >= 15 is 0 Å². The fourth-order valence-electron chi connectivity index (χ4n) is 6.96. The molecule has 0 spiro atoms. The normalized spacial score (nSPS) is 41.4. The maximum atomic E-state index is 11.8. The minimum absolute atomic E-state index is 0.0609. The number of carboxylic acid groups (broad SMARTS) is 1. The molecule has 0 bridgehead atoms. The number of carbonyl (C=O) groups excluding carboxylic acids is 1. The van der Waals surface area contributed by atoms with Gasteiger partial charge in [-0.05, 0) is 81.1 Å². The van der Waals surface area contributed by atoms with E-state index < -0.39 is 11.6 Å². The number of rotatable bonds is 2. The molecule has 6 atom stereocenters. The van der Waals surface area contributed by atoms with Gasteiger partial charge in [0.1, 0.15) is 5.60 Å². The highest BCUT2D eigenvalue weighted by Crippen LogP contribution is 2.66. The van der Waals surface area contributed by atoms with Crippen LogP contribution in [0.25, 0.3) is 0 Å². The van der Waals surface area contributed by atoms with Gasteiger partial charge >= 0.3 is 5.97 Å². The van der Waals surface area contributed by atoms with Crippen LogP contribution in [0.3, 0.4) is 0 Å². The molecule has 0 aromatic heterocycles. The Labute approximate surface area is 168 Å². The van der Waals surface area contributed by atoms with E-state index in [4.69, 9.17) is 11.5 Å². The van der Waals surface area contributed by atoms with Gasteiger partial charge in [-0.25, -0.2) is 0 Å². The largest absolute Gasteiger partial charge is 0.481 e. The van der Waals surface area contributed by atoms with Crippen molar-refractivity contribution in [3.8, 4) is 12.3 Å². The number of allylic oxidation sites excluding steroid dienone is 1. The standard InChI is InChI=1S/C21H28O2.C3H6O2/c1-3-20-11-9-17-16-8-6-15(22)13-14(16)5-7-18(17)19(20)10-12-21(20,23)4-2;1-2-3(4)5/h2,13,16-19,23H,3,5-12H2,1H3;2H2,1H3,(H,4,5)/t16-,17+,18+,19-,20-,21-;/m0./s1. The van der Waals surface area contributed by atoms with E-state index in [1.54, 1.807) is 6.92 Å². The van der Waals surface area contributed by atoms with E-state index in [1.807, 2.05) is 6.08 Å². The number of carboxylic acids is 1. The first-order valence-electron chi connectivity index (χ1n) is 11.0. The Morgan fingerprint density at radius 3 is 2.50 bits per heavy atom. The highest BCUT2D eigenvalue weighted by atomic mass is 16.4. The number of hydrogen-bond donors (Lipinski definition) is 2. The van der Waals surface area contributed by atoms with Crippen LogP contribution in [0.15, 0.2) is 11.6 Å². The number of carbonyl (C=O) groups is 2. The molecule has 4 heteroatoms. The second-order valence-electron chi connectivity index (χ2n) is 9.14. The molecule has 28 heavy (non-hydrogen) atoms. The first kappa shape index (κ1) is 21.1. The van der Waals surface area contributed by atoms with Crippen molar-refractivity contribution in [3.05, 3.63) is 11.6 Å². The van der Waals surface area contributed by atoms with E-state index in [0.717, 1.165) is 44.9 Å². The Hall–Kier alpha value is -1.60. The van der Waals surface area contributed by atoms with Crippen LogP contribution in [0.1, 0.15) is 78.1 Å². The van der Waals surface area contributed by atoms with Gasteiger partial charge in [0.15, 0.2) is 5.78 Å². The third kappa shape index (κ3) is 3.32. The molecule has 0 amide bonds. The fraction of sp³-hybridized carbons (Fsp3) is 0.750. The van der Waals surface area contributed by atoms with Gasteiger partial charge in [-0.1, -0.05) is 25.3 Å². The van der Waals surface area contributed by atoms with Gasteiger partial charge in [-0.15, -0.1) is 6.42 Å². The molecule has 4 aliphatic carbocycles. The molecule has 4 rings (SSSR count). The summed E-state index contributed by atoms with van der Waals surface area (Å²) < 4.78 is 0. The summed E-state index contributed by atoms with van der Waals surface area (Å²) in [6.07, 6.45) is 17.1. The lowest BCUT2D eigenvalue weighted by Gasteiger charge is -2.55. The van der Waals surface area contributed by atoms with Gasteiger partial charge in [0.25, 0.3) is 0 Å². The third-order valence-electron chi connectivity index (χ3n) is 8.32. The van der Waals surface area contributed by atoms with Crippen molar-refractivity contribution in [1.82, 2.24) is 0 Å². The molecule has 3 fully saturated rings. The van der Waals surface area contributed by atoms with Crippen molar-refractivity contribution in [1.29, 1.82) is 0 Å². The molecular formula is C24H34O4. The van der Waals surface area contributed by atoms with Crippen LogP contribution in [0.4, 0.5) is 0 Å². The summed E-state index contributed by atoms with van der Waals surface area (Å²) in [5.74, 6) is 4.99. The van der Waals surface area contributed by atoms with Crippen LogP contribution >= 0.6 is 0 Å². The zero-order valence-electron chi connectivity index (χ0n) is 17.2. The van der Waals surface area contributed by atoms with Gasteiger partial charge in [0, 0.05) is 18.3 Å². The lowest BCUT2D eigenvalue weighted by molar-refractivity contribution is -0.136. The SMILES string of the molecule is C#C[C@]1(O)CC[C@H]2[C@@H]3CCC4=CC(=O)CC[C@@H]4[C@H]3CC[C@@]21CC.CCC(=O)O. The minimum atomic E-state index is -0.893. The summed E-state index contributed by atoms with van der Waals surface area (Å²) in [5.41, 5.74) is 0.474. The zero-order chi connectivity index (χ0) is 20.5. The summed E-state index contributed by atoms with van der Waals surface area (Å²) in [7, 11) is 0. The number of ketones is 1. The molecule has 4 aliphatic rings. The van der Waals surface area contributed by atoms with Crippen molar-refractivity contribution in [2.24, 2.45) is 29.1 Å². The van der Waals surface area contributed by atoms with Gasteiger partial charge < -0.3 is 10.2 Å². The highest BCUT2D eigenvalue weighted by Gasteiger charge is 2.63. The van der Waals surface area contributed by atoms with Gasteiger partial charge in [-0.2, -0.15) is 0 Å². The minimum Gasteiger partial charge on any atom is -0.481 e. The van der Waals surface area contributed by atoms with Crippen molar-refractivity contribution >= 4 is 11.8 Å². The fourth-order valence-corrected chi connectivity index (χ4v) is 6.96. The van der Waals surface area contributed by atoms with Gasteiger partial charge in [0.2, 0.25) is 0 Å². The van der Waals surface area contributed by atoms with E-state index in [2.05, 4.69) is 12.8 Å². The predicted molar refractivity (Wildman–Crippen MR) is 108 cm³/mol. The molecule has 0 aromatic rings. The number of fused-ring (bicyclic) bond motifs is 5. The Balaban J connectivity index is 0.000000403. The smallest absolute Gasteiger partial charge is 0.303 e. The van der Waals surface area contributed by atoms with Crippen LogP contribution in [0.5, 0.6) is 0 Å². The number of aliphatic hydroxyl groups is 1. The molecule has 0 heterocycles. The molecular weight excluding hydrogens is 352 g/mol. The van der Waals surface area contributed by atoms with Crippen LogP contribution in [-0.4, -0.2) is 27.6 Å². The molecule has 0 aliphatic heterocycles. The van der Waals surface area contributed by atoms with E-state index in [9.17, 15) is 14.7 Å². The molecule has 154 valence electrons. The maximum Gasteiger partial charge on any atom is 0.303 e.